The van der Waals surface area contributed by atoms with Crippen LogP contribution in [0.15, 0.2) is 23.4 Å². The zero-order valence-electron chi connectivity index (χ0n) is 10.2. The number of benzene rings is 1. The minimum Gasteiger partial charge on any atom is -0.399 e. The number of aromatic amines is 1. The number of methoxy groups -OCH3 is 1. The summed E-state index contributed by atoms with van der Waals surface area (Å²) < 4.78 is 29.1. The van der Waals surface area contributed by atoms with E-state index in [1.54, 1.807) is 25.1 Å². The molecule has 0 saturated carbocycles. The molecule has 1 unspecified atom stereocenters. The number of nitrogens with zero attached hydrogens (tertiary/aromatic N) is 1. The molecule has 0 spiro atoms. The second-order valence-corrected chi connectivity index (χ2v) is 6.10. The molecule has 0 fully saturated rings. The predicted molar refractivity (Wildman–Crippen MR) is 69.0 cm³/mol. The first kappa shape index (κ1) is 12.8. The van der Waals surface area contributed by atoms with Gasteiger partial charge < -0.3 is 15.5 Å². The largest absolute Gasteiger partial charge is 0.399 e. The molecule has 2 rings (SSSR count). The van der Waals surface area contributed by atoms with Crippen LogP contribution in [0.5, 0.6) is 0 Å². The number of imidazole rings is 1. The second-order valence-electron chi connectivity index (χ2n) is 4.15. The van der Waals surface area contributed by atoms with Crippen LogP contribution in [-0.2, 0) is 14.6 Å². The number of nitrogens with one attached hydrogen (secondary N) is 1. The van der Waals surface area contributed by atoms with E-state index in [1.165, 1.54) is 7.11 Å². The van der Waals surface area contributed by atoms with Gasteiger partial charge in [-0.1, -0.05) is 0 Å². The molecule has 0 aliphatic carbocycles. The minimum atomic E-state index is -3.48. The van der Waals surface area contributed by atoms with E-state index < -0.39 is 9.84 Å². The third kappa shape index (κ3) is 2.46. The van der Waals surface area contributed by atoms with Crippen LogP contribution in [0.4, 0.5) is 5.69 Å². The quantitative estimate of drug-likeness (QED) is 0.805. The zero-order valence-corrected chi connectivity index (χ0v) is 11.0. The first-order valence-electron chi connectivity index (χ1n) is 5.43. The van der Waals surface area contributed by atoms with Gasteiger partial charge in [0.25, 0.3) is 0 Å². The molecule has 3 N–H and O–H groups in total. The van der Waals surface area contributed by atoms with Gasteiger partial charge in [0.15, 0.2) is 0 Å². The van der Waals surface area contributed by atoms with Crippen molar-refractivity contribution >= 4 is 26.6 Å². The van der Waals surface area contributed by atoms with Gasteiger partial charge in [0.2, 0.25) is 15.0 Å². The number of nitrogen functional groups attached to an aromatic ring is 1. The molecule has 98 valence electrons. The summed E-state index contributed by atoms with van der Waals surface area (Å²) in [5, 5.41) is -0.0491. The third-order valence-corrected chi connectivity index (χ3v) is 4.33. The van der Waals surface area contributed by atoms with Crippen LogP contribution >= 0.6 is 0 Å². The molecule has 0 saturated heterocycles. The van der Waals surface area contributed by atoms with Gasteiger partial charge in [0.1, 0.15) is 0 Å². The molecule has 0 aliphatic rings. The van der Waals surface area contributed by atoms with Crippen molar-refractivity contribution < 1.29 is 13.2 Å². The summed E-state index contributed by atoms with van der Waals surface area (Å²) in [5.41, 5.74) is 7.37. The number of fused-ring (bicyclic) bond motifs is 1. The van der Waals surface area contributed by atoms with Crippen LogP contribution in [0.3, 0.4) is 0 Å². The van der Waals surface area contributed by atoms with Crippen molar-refractivity contribution in [2.24, 2.45) is 0 Å². The number of aromatic nitrogens is 2. The molecule has 0 amide bonds. The van der Waals surface area contributed by atoms with Gasteiger partial charge in [-0.3, -0.25) is 0 Å². The number of hydrogen-bond donors (Lipinski definition) is 2. The minimum absolute atomic E-state index is 0.0491. The van der Waals surface area contributed by atoms with Crippen LogP contribution in [-0.4, -0.2) is 37.4 Å². The van der Waals surface area contributed by atoms with Crippen LogP contribution in [0.25, 0.3) is 11.0 Å². The van der Waals surface area contributed by atoms with Crippen molar-refractivity contribution in [2.75, 3.05) is 18.6 Å². The monoisotopic (exact) mass is 269 g/mol. The number of ether oxygens (including phenoxy) is 1. The van der Waals surface area contributed by atoms with Crippen molar-refractivity contribution in [3.63, 3.8) is 0 Å². The third-order valence-electron chi connectivity index (χ3n) is 2.64. The Balaban J connectivity index is 2.42. The van der Waals surface area contributed by atoms with E-state index in [0.717, 1.165) is 0 Å². The highest BCUT2D eigenvalue weighted by atomic mass is 32.2. The standard InChI is InChI=1S/C11H15N3O3S/c1-7(17-2)6-18(15,16)11-13-9-4-3-8(12)5-10(9)14-11/h3-5,7H,6,12H2,1-2H3,(H,13,14). The van der Waals surface area contributed by atoms with E-state index in [-0.39, 0.29) is 17.0 Å². The fraction of sp³-hybridized carbons (Fsp3) is 0.364. The molecule has 1 aromatic heterocycles. The van der Waals surface area contributed by atoms with Gasteiger partial charge in [-0.2, -0.15) is 0 Å². The normalized spacial score (nSPS) is 13.9. The summed E-state index contributed by atoms with van der Waals surface area (Å²) in [4.78, 5) is 6.83. The SMILES string of the molecule is COC(C)CS(=O)(=O)c1nc2ccc(N)cc2[nH]1. The Labute approximate surface area is 105 Å². The number of rotatable bonds is 4. The van der Waals surface area contributed by atoms with Gasteiger partial charge in [-0.05, 0) is 25.1 Å². The van der Waals surface area contributed by atoms with E-state index in [2.05, 4.69) is 9.97 Å². The summed E-state index contributed by atoms with van der Waals surface area (Å²) >= 11 is 0. The number of nitrogens with two attached hydrogens (primary N) is 1. The lowest BCUT2D eigenvalue weighted by Gasteiger charge is -2.07. The molecular weight excluding hydrogens is 254 g/mol. The summed E-state index contributed by atoms with van der Waals surface area (Å²) in [5.74, 6) is -0.112. The summed E-state index contributed by atoms with van der Waals surface area (Å²) in [7, 11) is -2.01. The molecule has 1 atom stereocenters. The molecule has 2 aromatic rings. The van der Waals surface area contributed by atoms with E-state index in [4.69, 9.17) is 10.5 Å². The molecule has 1 aromatic carbocycles. The molecular formula is C11H15N3O3S. The number of H-pyrrole nitrogens is 1. The van der Waals surface area contributed by atoms with Crippen LogP contribution in [0.1, 0.15) is 6.92 Å². The lowest BCUT2D eigenvalue weighted by atomic mass is 10.3. The van der Waals surface area contributed by atoms with E-state index in [1.807, 2.05) is 0 Å². The Kier molecular flexibility index (Phi) is 3.27. The Morgan fingerprint density at radius 1 is 1.50 bits per heavy atom. The summed E-state index contributed by atoms with van der Waals surface area (Å²) in [6.45, 7) is 1.69. The van der Waals surface area contributed by atoms with Crippen molar-refractivity contribution in [3.05, 3.63) is 18.2 Å². The highest BCUT2D eigenvalue weighted by molar-refractivity contribution is 7.91. The first-order chi connectivity index (χ1) is 8.42. The Morgan fingerprint density at radius 3 is 2.89 bits per heavy atom. The molecule has 1 heterocycles. The maximum absolute atomic E-state index is 12.1. The highest BCUT2D eigenvalue weighted by Crippen LogP contribution is 2.18. The molecule has 0 aliphatic heterocycles. The highest BCUT2D eigenvalue weighted by Gasteiger charge is 2.22. The number of hydrogen-bond acceptors (Lipinski definition) is 5. The predicted octanol–water partition coefficient (Wildman–Crippen LogP) is 0.954. The van der Waals surface area contributed by atoms with Crippen molar-refractivity contribution in [1.29, 1.82) is 0 Å². The van der Waals surface area contributed by atoms with E-state index >= 15 is 0 Å². The van der Waals surface area contributed by atoms with E-state index in [9.17, 15) is 8.42 Å². The summed E-state index contributed by atoms with van der Waals surface area (Å²) in [6.07, 6.45) is -0.381. The topological polar surface area (TPSA) is 98.1 Å². The van der Waals surface area contributed by atoms with Gasteiger partial charge in [0, 0.05) is 12.8 Å². The van der Waals surface area contributed by atoms with Crippen LogP contribution in [0.2, 0.25) is 0 Å². The molecule has 6 nitrogen and oxygen atoms in total. The van der Waals surface area contributed by atoms with Gasteiger partial charge in [-0.25, -0.2) is 13.4 Å². The maximum atomic E-state index is 12.1. The average molecular weight is 269 g/mol. The fourth-order valence-electron chi connectivity index (χ4n) is 1.61. The average Bonchev–Trinajstić information content (AvgIpc) is 2.71. The molecule has 18 heavy (non-hydrogen) atoms. The molecule has 0 bridgehead atoms. The van der Waals surface area contributed by atoms with Gasteiger partial charge in [-0.15, -0.1) is 0 Å². The lowest BCUT2D eigenvalue weighted by molar-refractivity contribution is 0.136. The lowest BCUT2D eigenvalue weighted by Crippen LogP contribution is -2.20. The zero-order chi connectivity index (χ0) is 13.3. The van der Waals surface area contributed by atoms with Crippen LogP contribution in [0, 0.1) is 0 Å². The Bertz CT molecular complexity index is 663. The number of sulfone groups is 1. The van der Waals surface area contributed by atoms with Gasteiger partial charge in [0.05, 0.1) is 22.9 Å². The van der Waals surface area contributed by atoms with Gasteiger partial charge >= 0.3 is 0 Å². The van der Waals surface area contributed by atoms with Crippen molar-refractivity contribution in [2.45, 2.75) is 18.2 Å². The molecule has 0 radical (unpaired) electrons. The Hall–Kier alpha value is -1.60. The summed E-state index contributed by atoms with van der Waals surface area (Å²) in [6, 6.07) is 5.01. The van der Waals surface area contributed by atoms with Crippen LogP contribution < -0.4 is 5.73 Å². The smallest absolute Gasteiger partial charge is 0.226 e. The van der Waals surface area contributed by atoms with E-state index in [0.29, 0.717) is 16.7 Å². The van der Waals surface area contributed by atoms with Crippen molar-refractivity contribution in [3.8, 4) is 0 Å². The maximum Gasteiger partial charge on any atom is 0.226 e. The molecule has 7 heteroatoms. The fourth-order valence-corrected chi connectivity index (χ4v) is 3.02. The number of anilines is 1. The van der Waals surface area contributed by atoms with Crippen molar-refractivity contribution in [1.82, 2.24) is 9.97 Å². The Morgan fingerprint density at radius 2 is 2.22 bits per heavy atom. The second kappa shape index (κ2) is 4.58. The first-order valence-corrected chi connectivity index (χ1v) is 7.08.